The van der Waals surface area contributed by atoms with Gasteiger partial charge < -0.3 is 9.72 Å². The van der Waals surface area contributed by atoms with Gasteiger partial charge in [-0.05, 0) is 71.3 Å². The molecule has 0 bridgehead atoms. The Hall–Kier alpha value is -4.14. The van der Waals surface area contributed by atoms with E-state index in [2.05, 4.69) is 74.8 Å². The molecule has 8 nitrogen and oxygen atoms in total. The van der Waals surface area contributed by atoms with Crippen LogP contribution in [0.3, 0.4) is 0 Å². The molecule has 0 radical (unpaired) electrons. The molecule has 1 N–H and O–H groups in total. The summed E-state index contributed by atoms with van der Waals surface area (Å²) in [5.41, 5.74) is 4.84. The third-order valence-electron chi connectivity index (χ3n) is 7.65. The predicted octanol–water partition coefficient (Wildman–Crippen LogP) is 4.84. The number of ether oxygens (including phenoxy) is 1. The van der Waals surface area contributed by atoms with Gasteiger partial charge in [0.05, 0.1) is 12.6 Å². The largest absolute Gasteiger partial charge is 0.376 e. The van der Waals surface area contributed by atoms with E-state index in [4.69, 9.17) is 4.74 Å². The van der Waals surface area contributed by atoms with Crippen LogP contribution in [0.2, 0.25) is 0 Å². The van der Waals surface area contributed by atoms with Crippen LogP contribution in [0.4, 0.5) is 0 Å². The summed E-state index contributed by atoms with van der Waals surface area (Å²) in [5.74, 6) is 0.650. The van der Waals surface area contributed by atoms with Crippen molar-refractivity contribution in [2.45, 2.75) is 51.4 Å². The lowest BCUT2D eigenvalue weighted by Gasteiger charge is -2.31. The highest BCUT2D eigenvalue weighted by molar-refractivity contribution is 5.79. The summed E-state index contributed by atoms with van der Waals surface area (Å²) in [6.45, 7) is 4.72. The number of hydrogen-bond acceptors (Lipinski definition) is 6. The van der Waals surface area contributed by atoms with Crippen LogP contribution in [0.15, 0.2) is 89.7 Å². The minimum Gasteiger partial charge on any atom is -0.376 e. The number of fused-ring (bicyclic) bond motifs is 1. The van der Waals surface area contributed by atoms with E-state index in [-0.39, 0.29) is 11.7 Å². The van der Waals surface area contributed by atoms with E-state index < -0.39 is 6.04 Å². The molecule has 3 heterocycles. The van der Waals surface area contributed by atoms with Gasteiger partial charge >= 0.3 is 0 Å². The van der Waals surface area contributed by atoms with Gasteiger partial charge in [0.1, 0.15) is 6.04 Å². The van der Waals surface area contributed by atoms with Crippen molar-refractivity contribution in [3.05, 3.63) is 123 Å². The van der Waals surface area contributed by atoms with Gasteiger partial charge in [-0.3, -0.25) is 9.69 Å². The Kier molecular flexibility index (Phi) is 7.79. The zero-order chi connectivity index (χ0) is 27.3. The van der Waals surface area contributed by atoms with Gasteiger partial charge in [-0.15, -0.1) is 5.10 Å². The van der Waals surface area contributed by atoms with E-state index in [0.717, 1.165) is 47.9 Å². The molecule has 0 spiro atoms. The summed E-state index contributed by atoms with van der Waals surface area (Å²) in [4.78, 5) is 19.2. The van der Waals surface area contributed by atoms with E-state index in [9.17, 15) is 4.79 Å². The third-order valence-corrected chi connectivity index (χ3v) is 7.65. The number of pyridine rings is 1. The summed E-state index contributed by atoms with van der Waals surface area (Å²) in [6.07, 6.45) is 2.89. The van der Waals surface area contributed by atoms with Crippen molar-refractivity contribution in [2.24, 2.45) is 0 Å². The molecule has 40 heavy (non-hydrogen) atoms. The van der Waals surface area contributed by atoms with Crippen LogP contribution < -0.4 is 5.56 Å². The van der Waals surface area contributed by atoms with E-state index >= 15 is 0 Å². The number of aromatic nitrogens is 5. The van der Waals surface area contributed by atoms with Gasteiger partial charge in [0.15, 0.2) is 5.82 Å². The number of nitrogens with zero attached hydrogens (tertiary/aromatic N) is 5. The monoisotopic (exact) mass is 534 g/mol. The standard InChI is InChI=1S/C32H34N6O2/c1-23-14-15-29-26(19-23)20-28(32(39)33-29)30(31-34-35-36-38(31)22-27-13-8-18-40-27)37(21-25-11-6-3-7-12-25)17-16-24-9-4-2-5-10-24/h2-7,9-12,14-15,19-20,27,30H,8,13,16-18,21-22H2,1H3,(H,33,39)/t27-,30-/m0/s1. The number of benzene rings is 3. The Morgan fingerprint density at radius 2 is 1.80 bits per heavy atom. The van der Waals surface area contributed by atoms with Gasteiger partial charge in [-0.2, -0.15) is 0 Å². The normalized spacial score (nSPS) is 16.1. The molecule has 2 aromatic heterocycles. The van der Waals surface area contributed by atoms with E-state index in [1.54, 1.807) is 0 Å². The van der Waals surface area contributed by atoms with Crippen molar-refractivity contribution >= 4 is 10.9 Å². The van der Waals surface area contributed by atoms with Crippen molar-refractivity contribution in [2.75, 3.05) is 13.2 Å². The lowest BCUT2D eigenvalue weighted by atomic mass is 10.0. The fourth-order valence-corrected chi connectivity index (χ4v) is 5.60. The molecule has 1 aliphatic rings. The van der Waals surface area contributed by atoms with Crippen molar-refractivity contribution < 1.29 is 4.74 Å². The lowest BCUT2D eigenvalue weighted by molar-refractivity contribution is 0.0906. The van der Waals surface area contributed by atoms with E-state index in [1.165, 1.54) is 5.56 Å². The summed E-state index contributed by atoms with van der Waals surface area (Å²) in [5, 5.41) is 14.0. The number of nitrogens with one attached hydrogen (secondary N) is 1. The molecule has 1 aliphatic heterocycles. The Labute approximate surface area is 233 Å². The molecule has 0 amide bonds. The Morgan fingerprint density at radius 1 is 1.02 bits per heavy atom. The molecule has 204 valence electrons. The van der Waals surface area contributed by atoms with Crippen LogP contribution in [0, 0.1) is 6.92 Å². The number of tetrazole rings is 1. The van der Waals surface area contributed by atoms with Gasteiger partial charge in [0, 0.05) is 30.8 Å². The maximum atomic E-state index is 13.8. The van der Waals surface area contributed by atoms with Crippen LogP contribution >= 0.6 is 0 Å². The highest BCUT2D eigenvalue weighted by atomic mass is 16.5. The van der Waals surface area contributed by atoms with Crippen molar-refractivity contribution in [3.63, 3.8) is 0 Å². The van der Waals surface area contributed by atoms with Crippen molar-refractivity contribution in [3.8, 4) is 0 Å². The summed E-state index contributed by atoms with van der Waals surface area (Å²) in [6, 6.07) is 28.4. The second kappa shape index (κ2) is 11.9. The molecule has 2 atom stereocenters. The Balaban J connectivity index is 1.47. The molecule has 8 heteroatoms. The van der Waals surface area contributed by atoms with Gasteiger partial charge in [-0.25, -0.2) is 4.68 Å². The average molecular weight is 535 g/mol. The zero-order valence-corrected chi connectivity index (χ0v) is 22.7. The van der Waals surface area contributed by atoms with Crippen LogP contribution in [-0.4, -0.2) is 49.3 Å². The van der Waals surface area contributed by atoms with Crippen molar-refractivity contribution in [1.29, 1.82) is 0 Å². The number of aromatic amines is 1. The molecular weight excluding hydrogens is 500 g/mol. The molecule has 0 saturated carbocycles. The molecule has 1 saturated heterocycles. The highest BCUT2D eigenvalue weighted by Gasteiger charge is 2.32. The fourth-order valence-electron chi connectivity index (χ4n) is 5.60. The first-order valence-corrected chi connectivity index (χ1v) is 14.0. The number of aryl methyl sites for hydroxylation is 1. The number of rotatable bonds is 10. The van der Waals surface area contributed by atoms with Crippen LogP contribution in [0.5, 0.6) is 0 Å². The summed E-state index contributed by atoms with van der Waals surface area (Å²) < 4.78 is 7.76. The first kappa shape index (κ1) is 26.1. The second-order valence-electron chi connectivity index (χ2n) is 10.6. The zero-order valence-electron chi connectivity index (χ0n) is 22.7. The first-order chi connectivity index (χ1) is 19.6. The van der Waals surface area contributed by atoms with Gasteiger partial charge in [0.2, 0.25) is 0 Å². The molecular formula is C32H34N6O2. The molecule has 1 fully saturated rings. The average Bonchev–Trinajstić information content (AvgIpc) is 3.66. The second-order valence-corrected chi connectivity index (χ2v) is 10.6. The third kappa shape index (κ3) is 5.88. The minimum atomic E-state index is -0.464. The smallest absolute Gasteiger partial charge is 0.253 e. The molecule has 0 unspecified atom stereocenters. The SMILES string of the molecule is Cc1ccc2[nH]c(=O)c([C@@H](c3nnnn3C[C@@H]3CCCO3)N(CCc3ccccc3)Cc3ccccc3)cc2c1. The van der Waals surface area contributed by atoms with E-state index in [1.807, 2.05) is 47.1 Å². The van der Waals surface area contributed by atoms with Gasteiger partial charge in [-0.1, -0.05) is 72.3 Å². The highest BCUT2D eigenvalue weighted by Crippen LogP contribution is 2.29. The molecule has 6 rings (SSSR count). The molecule has 5 aromatic rings. The minimum absolute atomic E-state index is 0.0623. The lowest BCUT2D eigenvalue weighted by Crippen LogP contribution is -2.37. The fraction of sp³-hybridized carbons (Fsp3) is 0.312. The quantitative estimate of drug-likeness (QED) is 0.276. The maximum Gasteiger partial charge on any atom is 0.253 e. The molecule has 0 aliphatic carbocycles. The Morgan fingerprint density at radius 3 is 2.55 bits per heavy atom. The van der Waals surface area contributed by atoms with Crippen LogP contribution in [-0.2, 0) is 24.2 Å². The van der Waals surface area contributed by atoms with Gasteiger partial charge in [0.25, 0.3) is 5.56 Å². The molecule has 3 aromatic carbocycles. The van der Waals surface area contributed by atoms with E-state index in [0.29, 0.717) is 31.0 Å². The summed E-state index contributed by atoms with van der Waals surface area (Å²) >= 11 is 0. The maximum absolute atomic E-state index is 13.8. The predicted molar refractivity (Wildman–Crippen MR) is 155 cm³/mol. The first-order valence-electron chi connectivity index (χ1n) is 14.0. The van der Waals surface area contributed by atoms with Crippen LogP contribution in [0.25, 0.3) is 10.9 Å². The van der Waals surface area contributed by atoms with Crippen molar-refractivity contribution in [1.82, 2.24) is 30.1 Å². The Bertz CT molecular complexity index is 1610. The number of hydrogen-bond donors (Lipinski definition) is 1. The van der Waals surface area contributed by atoms with Crippen LogP contribution in [0.1, 0.15) is 47.0 Å². The topological polar surface area (TPSA) is 88.9 Å². The number of H-pyrrole nitrogens is 1. The summed E-state index contributed by atoms with van der Waals surface area (Å²) in [7, 11) is 0.